The number of nitrogens with one attached hydrogen (secondary N) is 3. The van der Waals surface area contributed by atoms with Gasteiger partial charge in [-0.25, -0.2) is 0 Å². The largest absolute Gasteiger partial charge is 0.468 e. The van der Waals surface area contributed by atoms with Gasteiger partial charge in [0.25, 0.3) is 0 Å². The molecule has 2 rings (SSSR count). The van der Waals surface area contributed by atoms with E-state index in [9.17, 15) is 19.2 Å². The lowest BCUT2D eigenvalue weighted by Gasteiger charge is -2.39. The van der Waals surface area contributed by atoms with Crippen LogP contribution in [0.2, 0.25) is 0 Å². The predicted octanol–water partition coefficient (Wildman–Crippen LogP) is 3.63. The van der Waals surface area contributed by atoms with E-state index in [2.05, 4.69) is 51.5 Å². The predicted molar refractivity (Wildman–Crippen MR) is 188 cm³/mol. The highest BCUT2D eigenvalue weighted by atomic mass is 32.1. The number of carbonyl (C=O) groups is 4. The van der Waals surface area contributed by atoms with Crippen LogP contribution >= 0.6 is 12.6 Å². The fourth-order valence-corrected chi connectivity index (χ4v) is 6.15. The van der Waals surface area contributed by atoms with E-state index in [0.29, 0.717) is 5.57 Å². The molecule has 0 spiro atoms. The van der Waals surface area contributed by atoms with E-state index in [1.54, 1.807) is 32.0 Å². The standard InChI is InChI=1S/C35H55N5O5S/c1-21(2)27(17-22(3)28(41)18-37-25(20-46)33(44)45-12)40(11)32(43)30(34(4,5)6)38-31(42)29(36-9)35(7,8)24-19-39(10)26-16-14-13-15-23(24)26/h13-17,19,21,25,27,29-30,36-37,46H,18,20H2,1-12H3,(H,38,42)/b22-17+/t25-,27+,29+,30+/m0/s1. The molecule has 3 N–H and O–H groups in total. The van der Waals surface area contributed by atoms with Gasteiger partial charge in [0, 0.05) is 42.4 Å². The Morgan fingerprint density at radius 1 is 1.07 bits per heavy atom. The number of benzene rings is 1. The Kier molecular flexibility index (Phi) is 13.7. The van der Waals surface area contributed by atoms with Crippen molar-refractivity contribution in [2.75, 3.05) is 33.5 Å². The number of thiol groups is 1. The van der Waals surface area contributed by atoms with Gasteiger partial charge in [-0.1, -0.05) is 72.7 Å². The van der Waals surface area contributed by atoms with Crippen LogP contribution in [0.1, 0.15) is 61.0 Å². The fourth-order valence-electron chi connectivity index (χ4n) is 5.88. The molecule has 0 saturated heterocycles. The van der Waals surface area contributed by atoms with Crippen molar-refractivity contribution >= 4 is 47.1 Å². The van der Waals surface area contributed by atoms with Crippen LogP contribution < -0.4 is 16.0 Å². The second-order valence-electron chi connectivity index (χ2n) is 14.0. The number of hydrogen-bond acceptors (Lipinski definition) is 8. The van der Waals surface area contributed by atoms with Crippen LogP contribution in [0.5, 0.6) is 0 Å². The minimum Gasteiger partial charge on any atom is -0.468 e. The van der Waals surface area contributed by atoms with Crippen molar-refractivity contribution in [2.45, 2.75) is 85.0 Å². The van der Waals surface area contributed by atoms with Crippen LogP contribution in [0.25, 0.3) is 10.9 Å². The second-order valence-corrected chi connectivity index (χ2v) is 14.4. The first-order valence-corrected chi connectivity index (χ1v) is 16.4. The number of esters is 1. The number of Topliss-reactive ketones (excluding diaryl/α,β-unsaturated/α-hetero) is 1. The van der Waals surface area contributed by atoms with Gasteiger partial charge in [0.1, 0.15) is 12.1 Å². The number of rotatable bonds is 15. The van der Waals surface area contributed by atoms with Crippen molar-refractivity contribution in [3.63, 3.8) is 0 Å². The molecule has 0 saturated carbocycles. The van der Waals surface area contributed by atoms with E-state index < -0.39 is 41.0 Å². The molecule has 0 aliphatic heterocycles. The zero-order chi connectivity index (χ0) is 35.1. The highest BCUT2D eigenvalue weighted by Crippen LogP contribution is 2.35. The Morgan fingerprint density at radius 3 is 2.20 bits per heavy atom. The van der Waals surface area contributed by atoms with Gasteiger partial charge in [-0.3, -0.25) is 24.5 Å². The molecule has 0 fully saturated rings. The molecule has 1 aromatic heterocycles. The summed E-state index contributed by atoms with van der Waals surface area (Å²) in [6, 6.07) is 5.49. The molecule has 0 aliphatic rings. The second kappa shape index (κ2) is 16.1. The van der Waals surface area contributed by atoms with Crippen molar-refractivity contribution in [2.24, 2.45) is 18.4 Å². The first-order valence-electron chi connectivity index (χ1n) is 15.8. The number of likely N-dealkylation sites (N-methyl/N-ethyl adjacent to an activating group) is 2. The van der Waals surface area contributed by atoms with E-state index in [-0.39, 0.29) is 35.8 Å². The van der Waals surface area contributed by atoms with E-state index >= 15 is 0 Å². The topological polar surface area (TPSA) is 122 Å². The van der Waals surface area contributed by atoms with E-state index in [0.717, 1.165) is 16.5 Å². The molecule has 10 nitrogen and oxygen atoms in total. The Morgan fingerprint density at radius 2 is 1.67 bits per heavy atom. The van der Waals surface area contributed by atoms with Crippen LogP contribution in [0.3, 0.4) is 0 Å². The van der Waals surface area contributed by atoms with E-state index in [4.69, 9.17) is 4.74 Å². The van der Waals surface area contributed by atoms with Gasteiger partial charge < -0.3 is 24.8 Å². The van der Waals surface area contributed by atoms with Crippen molar-refractivity contribution in [3.05, 3.63) is 47.7 Å². The van der Waals surface area contributed by atoms with Gasteiger partial charge in [0.2, 0.25) is 11.8 Å². The highest BCUT2D eigenvalue weighted by Gasteiger charge is 2.42. The lowest BCUT2D eigenvalue weighted by Crippen LogP contribution is -2.61. The van der Waals surface area contributed by atoms with Crippen LogP contribution in [0, 0.1) is 11.3 Å². The van der Waals surface area contributed by atoms with Gasteiger partial charge in [0.05, 0.1) is 25.7 Å². The molecule has 11 heteroatoms. The third-order valence-corrected chi connectivity index (χ3v) is 9.14. The van der Waals surface area contributed by atoms with E-state index in [1.807, 2.05) is 67.6 Å². The normalized spacial score (nSPS) is 15.3. The number of carbonyl (C=O) groups excluding carboxylic acids is 4. The summed E-state index contributed by atoms with van der Waals surface area (Å²) in [5, 5.41) is 10.3. The lowest BCUT2D eigenvalue weighted by atomic mass is 9.76. The Bertz CT molecular complexity index is 1420. The summed E-state index contributed by atoms with van der Waals surface area (Å²) in [4.78, 5) is 54.7. The summed E-state index contributed by atoms with van der Waals surface area (Å²) < 4.78 is 6.82. The van der Waals surface area contributed by atoms with Crippen LogP contribution in [-0.2, 0) is 36.4 Å². The number of para-hydroxylation sites is 1. The minimum atomic E-state index is -0.840. The summed E-state index contributed by atoms with van der Waals surface area (Å²) in [7, 11) is 6.74. The maximum atomic E-state index is 14.2. The number of aromatic nitrogens is 1. The van der Waals surface area contributed by atoms with Crippen molar-refractivity contribution in [1.29, 1.82) is 0 Å². The number of amides is 2. The third kappa shape index (κ3) is 9.01. The van der Waals surface area contributed by atoms with Gasteiger partial charge in [-0.2, -0.15) is 12.6 Å². The molecule has 4 atom stereocenters. The Hall–Kier alpha value is -3.15. The van der Waals surface area contributed by atoms with Crippen molar-refractivity contribution < 1.29 is 23.9 Å². The molecule has 2 aromatic rings. The summed E-state index contributed by atoms with van der Waals surface area (Å²) >= 11 is 4.16. The smallest absolute Gasteiger partial charge is 0.323 e. The zero-order valence-electron chi connectivity index (χ0n) is 29.6. The number of ether oxygens (including phenoxy) is 1. The number of aryl methyl sites for hydroxylation is 1. The molecule has 1 heterocycles. The SMILES string of the molecule is CN[C@H](C(=O)N[C@H](C(=O)N(C)[C@H](/C=C(\C)C(=O)CN[C@@H](CS)C(=O)OC)C(C)C)C(C)(C)C)C(C)(C)c1cn(C)c2ccccc12. The summed E-state index contributed by atoms with van der Waals surface area (Å²) in [5.74, 6) is -1.09. The molecule has 256 valence electrons. The van der Waals surface area contributed by atoms with Crippen LogP contribution in [-0.4, -0.2) is 90.7 Å². The molecule has 1 aromatic carbocycles. The molecular weight excluding hydrogens is 602 g/mol. The van der Waals surface area contributed by atoms with Crippen molar-refractivity contribution in [1.82, 2.24) is 25.4 Å². The highest BCUT2D eigenvalue weighted by molar-refractivity contribution is 7.80. The number of methoxy groups -OCH3 is 1. The van der Waals surface area contributed by atoms with E-state index in [1.165, 1.54) is 7.11 Å². The Labute approximate surface area is 280 Å². The first kappa shape index (κ1) is 39.0. The van der Waals surface area contributed by atoms with Gasteiger partial charge in [0.15, 0.2) is 5.78 Å². The van der Waals surface area contributed by atoms with Gasteiger partial charge >= 0.3 is 5.97 Å². The lowest BCUT2D eigenvalue weighted by molar-refractivity contribution is -0.142. The van der Waals surface area contributed by atoms with Crippen LogP contribution in [0.15, 0.2) is 42.1 Å². The third-order valence-electron chi connectivity index (χ3n) is 8.78. The summed E-state index contributed by atoms with van der Waals surface area (Å²) in [5.41, 5.74) is 1.33. The first-order chi connectivity index (χ1) is 21.3. The monoisotopic (exact) mass is 657 g/mol. The summed E-state index contributed by atoms with van der Waals surface area (Å²) in [6.45, 7) is 15.4. The van der Waals surface area contributed by atoms with Crippen molar-refractivity contribution in [3.8, 4) is 0 Å². The average Bonchev–Trinajstić information content (AvgIpc) is 3.34. The Balaban J connectivity index is 2.34. The maximum Gasteiger partial charge on any atom is 0.323 e. The molecule has 0 unspecified atom stereocenters. The zero-order valence-corrected chi connectivity index (χ0v) is 30.5. The van der Waals surface area contributed by atoms with Crippen LogP contribution in [0.4, 0.5) is 0 Å². The number of fused-ring (bicyclic) bond motifs is 1. The number of nitrogens with zero attached hydrogens (tertiary/aromatic N) is 2. The number of hydrogen-bond donors (Lipinski definition) is 4. The van der Waals surface area contributed by atoms with Gasteiger partial charge in [-0.05, 0) is 42.5 Å². The molecule has 0 radical (unpaired) electrons. The minimum absolute atomic E-state index is 0.0309. The average molecular weight is 658 g/mol. The molecule has 0 bridgehead atoms. The quantitative estimate of drug-likeness (QED) is 0.131. The number of ketones is 1. The molecule has 2 amide bonds. The molecule has 0 aliphatic carbocycles. The molecular formula is C35H55N5O5S. The van der Waals surface area contributed by atoms with Gasteiger partial charge in [-0.15, -0.1) is 0 Å². The maximum absolute atomic E-state index is 14.2. The summed E-state index contributed by atoms with van der Waals surface area (Å²) in [6.07, 6.45) is 3.84. The molecule has 46 heavy (non-hydrogen) atoms. The fraction of sp³-hybridized carbons (Fsp3) is 0.600.